The average Bonchev–Trinajstić information content (AvgIpc) is 2.53. The number of carbonyl (C=O) groups excluding carboxylic acids is 1. The van der Waals surface area contributed by atoms with Crippen LogP contribution < -0.4 is 16.0 Å². The summed E-state index contributed by atoms with van der Waals surface area (Å²) in [5.74, 6) is 5.01. The first-order valence-electron chi connectivity index (χ1n) is 5.93. The van der Waals surface area contributed by atoms with E-state index in [2.05, 4.69) is 4.98 Å². The number of hydrazine groups is 1. The number of hydrogen-bond acceptors (Lipinski definition) is 5. The molecule has 1 aromatic carbocycles. The Bertz CT molecular complexity index is 712. The van der Waals surface area contributed by atoms with E-state index in [-0.39, 0.29) is 12.3 Å². The molecular weight excluding hydrogens is 292 g/mol. The third-order valence-corrected chi connectivity index (χ3v) is 2.90. The van der Waals surface area contributed by atoms with Crippen LogP contribution in [-0.2, 0) is 6.61 Å². The molecule has 6 nitrogen and oxygen atoms in total. The summed E-state index contributed by atoms with van der Waals surface area (Å²) in [6.45, 7) is 0.136. The van der Waals surface area contributed by atoms with Crippen LogP contribution in [-0.4, -0.2) is 10.9 Å². The van der Waals surface area contributed by atoms with Crippen LogP contribution in [0.2, 0.25) is 5.02 Å². The molecule has 1 amide bonds. The van der Waals surface area contributed by atoms with Gasteiger partial charge in [0, 0.05) is 0 Å². The summed E-state index contributed by atoms with van der Waals surface area (Å²) < 4.78 is 5.52. The fourth-order valence-corrected chi connectivity index (χ4v) is 1.83. The minimum atomic E-state index is -0.478. The van der Waals surface area contributed by atoms with E-state index >= 15 is 0 Å². The van der Waals surface area contributed by atoms with Crippen molar-refractivity contribution in [1.29, 1.82) is 5.26 Å². The highest BCUT2D eigenvalue weighted by molar-refractivity contribution is 6.32. The fraction of sp³-hybridized carbons (Fsp3) is 0.0714. The number of halogens is 1. The van der Waals surface area contributed by atoms with Crippen LogP contribution in [0.15, 0.2) is 36.4 Å². The number of carbonyl (C=O) groups is 1. The van der Waals surface area contributed by atoms with E-state index in [1.165, 1.54) is 6.07 Å². The van der Waals surface area contributed by atoms with Gasteiger partial charge in [-0.3, -0.25) is 10.2 Å². The topological polar surface area (TPSA) is 101 Å². The van der Waals surface area contributed by atoms with Crippen molar-refractivity contribution in [2.45, 2.75) is 6.61 Å². The highest BCUT2D eigenvalue weighted by Crippen LogP contribution is 2.25. The van der Waals surface area contributed by atoms with Crippen LogP contribution in [0.25, 0.3) is 0 Å². The van der Waals surface area contributed by atoms with Gasteiger partial charge in [0.25, 0.3) is 5.91 Å². The molecule has 0 fully saturated rings. The van der Waals surface area contributed by atoms with E-state index in [0.717, 1.165) is 0 Å². The second kappa shape index (κ2) is 6.70. The summed E-state index contributed by atoms with van der Waals surface area (Å²) in [7, 11) is 0. The number of aromatic nitrogens is 1. The number of rotatable bonds is 4. The van der Waals surface area contributed by atoms with Gasteiger partial charge in [0.1, 0.15) is 18.1 Å². The maximum Gasteiger partial charge on any atom is 0.283 e. The zero-order valence-corrected chi connectivity index (χ0v) is 11.6. The molecule has 1 aromatic heterocycles. The predicted octanol–water partition coefficient (Wildman–Crippen LogP) is 1.79. The van der Waals surface area contributed by atoms with E-state index in [0.29, 0.717) is 22.0 Å². The molecule has 2 rings (SSSR count). The number of nitrogens with two attached hydrogens (primary N) is 1. The molecular formula is C14H11ClN4O2. The lowest BCUT2D eigenvalue weighted by Crippen LogP contribution is -2.30. The predicted molar refractivity (Wildman–Crippen MR) is 76.4 cm³/mol. The lowest BCUT2D eigenvalue weighted by Gasteiger charge is -2.08. The van der Waals surface area contributed by atoms with E-state index in [9.17, 15) is 4.79 Å². The first-order valence-corrected chi connectivity index (χ1v) is 6.31. The quantitative estimate of drug-likeness (QED) is 0.509. The molecule has 0 radical (unpaired) electrons. The molecule has 0 aliphatic rings. The molecule has 2 aromatic rings. The lowest BCUT2D eigenvalue weighted by atomic mass is 10.2. The molecule has 0 spiro atoms. The molecule has 1 heterocycles. The van der Waals surface area contributed by atoms with Gasteiger partial charge in [-0.15, -0.1) is 0 Å². The number of amides is 1. The molecule has 3 N–H and O–H groups in total. The Kier molecular flexibility index (Phi) is 4.72. The lowest BCUT2D eigenvalue weighted by molar-refractivity contribution is 0.0948. The highest BCUT2D eigenvalue weighted by atomic mass is 35.5. The van der Waals surface area contributed by atoms with Gasteiger partial charge < -0.3 is 4.74 Å². The summed E-state index contributed by atoms with van der Waals surface area (Å²) >= 11 is 6.00. The third kappa shape index (κ3) is 3.69. The molecule has 0 aliphatic heterocycles. The van der Waals surface area contributed by atoms with Crippen LogP contribution in [0.4, 0.5) is 0 Å². The van der Waals surface area contributed by atoms with Gasteiger partial charge in [0.15, 0.2) is 0 Å². The minimum absolute atomic E-state index is 0.136. The molecule has 0 unspecified atom stereocenters. The molecule has 0 saturated heterocycles. The van der Waals surface area contributed by atoms with E-state index in [1.54, 1.807) is 30.3 Å². The SMILES string of the molecule is N#Cc1ccc(OCc2cccc(C(=O)NN)n2)c(Cl)c1. The molecule has 7 heteroatoms. The van der Waals surface area contributed by atoms with Gasteiger partial charge in [0.05, 0.1) is 22.3 Å². The first kappa shape index (κ1) is 14.8. The summed E-state index contributed by atoms with van der Waals surface area (Å²) in [5, 5.41) is 9.10. The first-order chi connectivity index (χ1) is 10.1. The summed E-state index contributed by atoms with van der Waals surface area (Å²) in [6.07, 6.45) is 0. The van der Waals surface area contributed by atoms with Crippen LogP contribution in [0.1, 0.15) is 21.7 Å². The molecule has 0 aliphatic carbocycles. The fourth-order valence-electron chi connectivity index (χ4n) is 1.60. The van der Waals surface area contributed by atoms with Crippen molar-refractivity contribution in [3.63, 3.8) is 0 Å². The van der Waals surface area contributed by atoms with E-state index in [1.807, 2.05) is 11.5 Å². The van der Waals surface area contributed by atoms with Gasteiger partial charge in [-0.2, -0.15) is 5.26 Å². The Labute approximate surface area is 126 Å². The summed E-state index contributed by atoms with van der Waals surface area (Å²) in [4.78, 5) is 15.5. The van der Waals surface area contributed by atoms with Crippen molar-refractivity contribution in [2.24, 2.45) is 5.84 Å². The van der Waals surface area contributed by atoms with Crippen LogP contribution in [0, 0.1) is 11.3 Å². The number of pyridine rings is 1. The Morgan fingerprint density at radius 2 is 2.24 bits per heavy atom. The number of nitrogen functional groups attached to an aromatic ring is 1. The molecule has 21 heavy (non-hydrogen) atoms. The maximum atomic E-state index is 11.4. The number of nitriles is 1. The van der Waals surface area contributed by atoms with E-state index < -0.39 is 5.91 Å². The Balaban J connectivity index is 2.10. The highest BCUT2D eigenvalue weighted by Gasteiger charge is 2.07. The van der Waals surface area contributed by atoms with E-state index in [4.69, 9.17) is 27.4 Å². The van der Waals surface area contributed by atoms with Gasteiger partial charge >= 0.3 is 0 Å². The number of benzene rings is 1. The van der Waals surface area contributed by atoms with Crippen molar-refractivity contribution in [2.75, 3.05) is 0 Å². The maximum absolute atomic E-state index is 11.4. The van der Waals surface area contributed by atoms with Crippen molar-refractivity contribution >= 4 is 17.5 Å². The number of nitrogens with one attached hydrogen (secondary N) is 1. The zero-order valence-electron chi connectivity index (χ0n) is 10.8. The monoisotopic (exact) mass is 302 g/mol. The third-order valence-electron chi connectivity index (χ3n) is 2.61. The van der Waals surface area contributed by atoms with Gasteiger partial charge in [0.2, 0.25) is 0 Å². The van der Waals surface area contributed by atoms with Crippen molar-refractivity contribution in [3.8, 4) is 11.8 Å². The van der Waals surface area contributed by atoms with Crippen LogP contribution in [0.5, 0.6) is 5.75 Å². The summed E-state index contributed by atoms with van der Waals surface area (Å²) in [6, 6.07) is 11.6. The zero-order chi connectivity index (χ0) is 15.2. The second-order valence-corrected chi connectivity index (χ2v) is 4.44. The largest absolute Gasteiger partial charge is 0.486 e. The van der Waals surface area contributed by atoms with Gasteiger partial charge in [-0.25, -0.2) is 10.8 Å². The number of ether oxygens (including phenoxy) is 1. The molecule has 0 atom stereocenters. The van der Waals surface area contributed by atoms with Crippen molar-refractivity contribution in [1.82, 2.24) is 10.4 Å². The Morgan fingerprint density at radius 3 is 2.90 bits per heavy atom. The molecule has 0 saturated carbocycles. The smallest absolute Gasteiger partial charge is 0.283 e. The normalized spacial score (nSPS) is 9.76. The van der Waals surface area contributed by atoms with Gasteiger partial charge in [-0.1, -0.05) is 17.7 Å². The number of hydrogen-bond donors (Lipinski definition) is 2. The van der Waals surface area contributed by atoms with Crippen molar-refractivity contribution < 1.29 is 9.53 Å². The average molecular weight is 303 g/mol. The minimum Gasteiger partial charge on any atom is -0.486 e. The Hall–Kier alpha value is -2.62. The molecule has 106 valence electrons. The van der Waals surface area contributed by atoms with Crippen molar-refractivity contribution in [3.05, 3.63) is 58.4 Å². The van der Waals surface area contributed by atoms with Crippen LogP contribution >= 0.6 is 11.6 Å². The molecule has 0 bridgehead atoms. The second-order valence-electron chi connectivity index (χ2n) is 4.03. The van der Waals surface area contributed by atoms with Crippen LogP contribution in [0.3, 0.4) is 0 Å². The van der Waals surface area contributed by atoms with Gasteiger partial charge in [-0.05, 0) is 30.3 Å². The Morgan fingerprint density at radius 1 is 1.43 bits per heavy atom. The summed E-state index contributed by atoms with van der Waals surface area (Å²) in [5.41, 5.74) is 3.21. The standard InChI is InChI=1S/C14H11ClN4O2/c15-11-6-9(7-16)4-5-13(11)21-8-10-2-1-3-12(18-10)14(20)19-17/h1-6H,8,17H2,(H,19,20). The number of nitrogens with zero attached hydrogens (tertiary/aromatic N) is 2.